The lowest BCUT2D eigenvalue weighted by molar-refractivity contribution is -0.131. The van der Waals surface area contributed by atoms with Gasteiger partial charge < -0.3 is 5.32 Å². The molecular weight excluding hydrogens is 308 g/mol. The van der Waals surface area contributed by atoms with E-state index in [1.54, 1.807) is 18.7 Å². The van der Waals surface area contributed by atoms with E-state index in [4.69, 9.17) is 0 Å². The van der Waals surface area contributed by atoms with Gasteiger partial charge in [0.1, 0.15) is 5.54 Å². The van der Waals surface area contributed by atoms with Crippen molar-refractivity contribution >= 4 is 23.7 Å². The lowest BCUT2D eigenvalue weighted by atomic mass is 9.84. The van der Waals surface area contributed by atoms with Gasteiger partial charge in [-0.15, -0.1) is 0 Å². The van der Waals surface area contributed by atoms with E-state index in [1.807, 2.05) is 30.5 Å². The number of thioether (sulfide) groups is 1. The maximum Gasteiger partial charge on any atom is 0.325 e. The van der Waals surface area contributed by atoms with Gasteiger partial charge >= 0.3 is 6.03 Å². The van der Waals surface area contributed by atoms with Gasteiger partial charge in [-0.25, -0.2) is 4.79 Å². The third-order valence-corrected chi connectivity index (χ3v) is 5.03. The van der Waals surface area contributed by atoms with Gasteiger partial charge in [-0.3, -0.25) is 9.69 Å². The van der Waals surface area contributed by atoms with Crippen LogP contribution in [0.3, 0.4) is 0 Å². The number of nitrogens with one attached hydrogen (secondary N) is 1. The number of amides is 3. The molecule has 0 radical (unpaired) electrons. The van der Waals surface area contributed by atoms with Gasteiger partial charge in [0.15, 0.2) is 0 Å². The number of hydrogen-bond acceptors (Lipinski definition) is 3. The highest BCUT2D eigenvalue weighted by atomic mass is 32.2. The summed E-state index contributed by atoms with van der Waals surface area (Å²) in [6, 6.07) is 7.68. The summed E-state index contributed by atoms with van der Waals surface area (Å²) >= 11 is 1.72. The van der Waals surface area contributed by atoms with E-state index in [0.717, 1.165) is 17.7 Å². The van der Waals surface area contributed by atoms with E-state index < -0.39 is 5.54 Å². The summed E-state index contributed by atoms with van der Waals surface area (Å²) in [5.74, 6) is 0.778. The van der Waals surface area contributed by atoms with Crippen LogP contribution in [0.5, 0.6) is 0 Å². The first kappa shape index (κ1) is 17.9. The number of imide groups is 1. The van der Waals surface area contributed by atoms with Gasteiger partial charge in [-0.1, -0.05) is 45.0 Å². The standard InChI is InChI=1S/C18H26N2O2S/c1-17(2,3)13-7-9-14(10-8-13)18(4)15(21)20(16(22)19-18)11-6-12-23-5/h7-10H,6,11-12H2,1-5H3,(H,19,22). The Hall–Kier alpha value is -1.49. The average molecular weight is 334 g/mol. The van der Waals surface area contributed by atoms with Crippen LogP contribution >= 0.6 is 11.8 Å². The van der Waals surface area contributed by atoms with Crippen LogP contribution in [0.2, 0.25) is 0 Å². The molecule has 1 unspecified atom stereocenters. The van der Waals surface area contributed by atoms with Crippen molar-refractivity contribution in [1.29, 1.82) is 0 Å². The zero-order valence-corrected chi connectivity index (χ0v) is 15.4. The number of rotatable bonds is 5. The van der Waals surface area contributed by atoms with Crippen LogP contribution in [0.25, 0.3) is 0 Å². The normalized spacial score (nSPS) is 21.7. The fourth-order valence-electron chi connectivity index (χ4n) is 2.77. The summed E-state index contributed by atoms with van der Waals surface area (Å²) in [6.45, 7) is 8.72. The maximum absolute atomic E-state index is 12.7. The maximum atomic E-state index is 12.7. The number of carbonyl (C=O) groups excluding carboxylic acids is 2. The highest BCUT2D eigenvalue weighted by molar-refractivity contribution is 7.98. The van der Waals surface area contributed by atoms with Crippen molar-refractivity contribution in [3.8, 4) is 0 Å². The molecule has 1 saturated heterocycles. The van der Waals surface area contributed by atoms with Crippen LogP contribution in [0.1, 0.15) is 45.2 Å². The van der Waals surface area contributed by atoms with Crippen molar-refractivity contribution in [2.45, 2.75) is 45.1 Å². The molecule has 2 rings (SSSR count). The van der Waals surface area contributed by atoms with E-state index in [1.165, 1.54) is 10.5 Å². The highest BCUT2D eigenvalue weighted by Gasteiger charge is 2.48. The summed E-state index contributed by atoms with van der Waals surface area (Å²) in [7, 11) is 0. The molecule has 3 amide bonds. The van der Waals surface area contributed by atoms with Crippen molar-refractivity contribution in [2.75, 3.05) is 18.6 Å². The second-order valence-corrected chi connectivity index (χ2v) is 8.17. The molecule has 1 aliphatic rings. The highest BCUT2D eigenvalue weighted by Crippen LogP contribution is 2.31. The minimum absolute atomic E-state index is 0.0617. The molecule has 1 aromatic rings. The summed E-state index contributed by atoms with van der Waals surface area (Å²) in [5.41, 5.74) is 1.13. The second kappa shape index (κ2) is 6.56. The predicted molar refractivity (Wildman–Crippen MR) is 95.7 cm³/mol. The number of nitrogens with zero attached hydrogens (tertiary/aromatic N) is 1. The number of carbonyl (C=O) groups is 2. The molecule has 0 saturated carbocycles. The first-order valence-corrected chi connectivity index (χ1v) is 9.33. The summed E-state index contributed by atoms with van der Waals surface area (Å²) in [4.78, 5) is 26.3. The van der Waals surface area contributed by atoms with E-state index in [9.17, 15) is 9.59 Å². The Bertz CT molecular complexity index is 592. The Labute approximate surface area is 143 Å². The van der Waals surface area contributed by atoms with Crippen molar-refractivity contribution < 1.29 is 9.59 Å². The summed E-state index contributed by atoms with van der Waals surface area (Å²) in [5, 5.41) is 2.86. The smallest absolute Gasteiger partial charge is 0.319 e. The number of hydrogen-bond donors (Lipinski definition) is 1. The Morgan fingerprint density at radius 2 is 1.78 bits per heavy atom. The van der Waals surface area contributed by atoms with E-state index in [-0.39, 0.29) is 17.4 Å². The van der Waals surface area contributed by atoms with Gasteiger partial charge in [0.25, 0.3) is 5.91 Å². The minimum Gasteiger partial charge on any atom is -0.319 e. The van der Waals surface area contributed by atoms with Crippen molar-refractivity contribution in [1.82, 2.24) is 10.2 Å². The van der Waals surface area contributed by atoms with E-state index in [0.29, 0.717) is 6.54 Å². The Morgan fingerprint density at radius 3 is 2.30 bits per heavy atom. The largest absolute Gasteiger partial charge is 0.325 e. The van der Waals surface area contributed by atoms with Crippen LogP contribution < -0.4 is 5.32 Å². The zero-order chi connectivity index (χ0) is 17.3. The Kier molecular flexibility index (Phi) is 5.09. The molecule has 4 nitrogen and oxygen atoms in total. The minimum atomic E-state index is -0.965. The van der Waals surface area contributed by atoms with E-state index >= 15 is 0 Å². The second-order valence-electron chi connectivity index (χ2n) is 7.19. The molecule has 0 aliphatic carbocycles. The summed E-state index contributed by atoms with van der Waals surface area (Å²) in [6.07, 6.45) is 2.84. The van der Waals surface area contributed by atoms with Gasteiger partial charge in [0.05, 0.1) is 0 Å². The van der Waals surface area contributed by atoms with Gasteiger partial charge in [0, 0.05) is 6.54 Å². The van der Waals surface area contributed by atoms with Crippen LogP contribution in [0.4, 0.5) is 4.79 Å². The third kappa shape index (κ3) is 3.55. The van der Waals surface area contributed by atoms with Gasteiger partial charge in [-0.2, -0.15) is 11.8 Å². The fraction of sp³-hybridized carbons (Fsp3) is 0.556. The molecule has 5 heteroatoms. The Balaban J connectivity index is 2.21. The van der Waals surface area contributed by atoms with Crippen LogP contribution in [-0.4, -0.2) is 35.4 Å². The first-order valence-electron chi connectivity index (χ1n) is 7.94. The lowest BCUT2D eigenvalue weighted by Gasteiger charge is -2.24. The molecule has 1 N–H and O–H groups in total. The van der Waals surface area contributed by atoms with Crippen LogP contribution in [0, 0.1) is 0 Å². The molecule has 0 aromatic heterocycles. The van der Waals surface area contributed by atoms with Gasteiger partial charge in [-0.05, 0) is 41.9 Å². The molecule has 1 fully saturated rings. The van der Waals surface area contributed by atoms with Crippen LogP contribution in [0.15, 0.2) is 24.3 Å². The molecule has 1 atom stereocenters. The van der Waals surface area contributed by atoms with Crippen LogP contribution in [-0.2, 0) is 15.7 Å². The molecule has 0 bridgehead atoms. The molecule has 1 heterocycles. The summed E-state index contributed by atoms with van der Waals surface area (Å²) < 4.78 is 0. The van der Waals surface area contributed by atoms with Crippen molar-refractivity contribution in [3.63, 3.8) is 0 Å². The third-order valence-electron chi connectivity index (χ3n) is 4.33. The molecule has 1 aromatic carbocycles. The molecule has 23 heavy (non-hydrogen) atoms. The Morgan fingerprint density at radius 1 is 1.17 bits per heavy atom. The van der Waals surface area contributed by atoms with E-state index in [2.05, 4.69) is 26.1 Å². The SMILES string of the molecule is CSCCCN1C(=O)NC(C)(c2ccc(C(C)(C)C)cc2)C1=O. The first-order chi connectivity index (χ1) is 10.7. The quantitative estimate of drug-likeness (QED) is 0.662. The average Bonchev–Trinajstić information content (AvgIpc) is 2.71. The topological polar surface area (TPSA) is 49.4 Å². The van der Waals surface area contributed by atoms with Crippen molar-refractivity contribution in [2.24, 2.45) is 0 Å². The number of benzene rings is 1. The molecule has 126 valence electrons. The molecular formula is C18H26N2O2S. The monoisotopic (exact) mass is 334 g/mol. The van der Waals surface area contributed by atoms with Gasteiger partial charge in [0.2, 0.25) is 0 Å². The zero-order valence-electron chi connectivity index (χ0n) is 14.6. The fourth-order valence-corrected chi connectivity index (χ4v) is 3.18. The predicted octanol–water partition coefficient (Wildman–Crippen LogP) is 3.50. The molecule has 0 spiro atoms. The number of urea groups is 1. The molecule has 1 aliphatic heterocycles. The van der Waals surface area contributed by atoms with Crippen molar-refractivity contribution in [3.05, 3.63) is 35.4 Å². The lowest BCUT2D eigenvalue weighted by Crippen LogP contribution is -2.41.